The van der Waals surface area contributed by atoms with E-state index in [0.717, 1.165) is 29.9 Å². The van der Waals surface area contributed by atoms with Crippen LogP contribution in [0.15, 0.2) is 73.1 Å². The van der Waals surface area contributed by atoms with Crippen molar-refractivity contribution in [2.45, 2.75) is 12.5 Å². The molecule has 1 amide bonds. The number of amides is 1. The lowest BCUT2D eigenvalue weighted by Gasteiger charge is -2.37. The van der Waals surface area contributed by atoms with Crippen LogP contribution in [0.3, 0.4) is 0 Å². The van der Waals surface area contributed by atoms with Gasteiger partial charge in [-0.25, -0.2) is 0 Å². The minimum atomic E-state index is 0.0636. The van der Waals surface area contributed by atoms with Crippen molar-refractivity contribution in [1.29, 1.82) is 0 Å². The Morgan fingerprint density at radius 2 is 1.65 bits per heavy atom. The largest absolute Gasteiger partial charge is 0.324 e. The molecule has 3 aromatic rings. The van der Waals surface area contributed by atoms with Crippen LogP contribution < -0.4 is 4.90 Å². The maximum absolute atomic E-state index is 13.1. The quantitative estimate of drug-likeness (QED) is 0.714. The van der Waals surface area contributed by atoms with E-state index in [9.17, 15) is 4.79 Å². The molecule has 1 aliphatic heterocycles. The molecular weight excluding hydrogens is 322 g/mol. The molecule has 4 heteroatoms. The average molecular weight is 345 g/mol. The topological polar surface area (TPSA) is 28.5 Å². The summed E-state index contributed by atoms with van der Waals surface area (Å²) < 4.78 is 2.03. The van der Waals surface area contributed by atoms with Gasteiger partial charge in [-0.2, -0.15) is 0 Å². The van der Waals surface area contributed by atoms with Crippen molar-refractivity contribution < 1.29 is 4.79 Å². The minimum Gasteiger partial charge on any atom is -0.324 e. The molecule has 1 unspecified atom stereocenters. The number of carbonyl (C=O) groups excluding carboxylic acids is 1. The predicted octanol–water partition coefficient (Wildman–Crippen LogP) is 4.13. The Balaban J connectivity index is 1.63. The lowest BCUT2D eigenvalue weighted by Crippen LogP contribution is -2.39. The number of carbonyl (C=O) groups is 1. The van der Waals surface area contributed by atoms with E-state index in [4.69, 9.17) is 0 Å². The maximum Gasteiger partial charge on any atom is 0.258 e. The first-order chi connectivity index (χ1) is 12.6. The summed E-state index contributed by atoms with van der Waals surface area (Å²) in [4.78, 5) is 17.3. The fourth-order valence-electron chi connectivity index (χ4n) is 3.73. The lowest BCUT2D eigenvalue weighted by molar-refractivity contribution is 0.0980. The van der Waals surface area contributed by atoms with E-state index in [0.29, 0.717) is 6.04 Å². The van der Waals surface area contributed by atoms with Crippen LogP contribution in [0.4, 0.5) is 5.69 Å². The van der Waals surface area contributed by atoms with Gasteiger partial charge >= 0.3 is 0 Å². The summed E-state index contributed by atoms with van der Waals surface area (Å²) in [5, 5.41) is 0. The van der Waals surface area contributed by atoms with Crippen molar-refractivity contribution in [2.24, 2.45) is 0 Å². The summed E-state index contributed by atoms with van der Waals surface area (Å²) >= 11 is 0. The molecule has 0 N–H and O–H groups in total. The number of anilines is 1. The van der Waals surface area contributed by atoms with E-state index in [-0.39, 0.29) is 5.91 Å². The Hall–Kier alpha value is -2.85. The molecule has 26 heavy (non-hydrogen) atoms. The third-order valence-electron chi connectivity index (χ3n) is 5.10. The van der Waals surface area contributed by atoms with E-state index in [1.165, 1.54) is 5.56 Å². The van der Waals surface area contributed by atoms with Gasteiger partial charge in [-0.15, -0.1) is 0 Å². The van der Waals surface area contributed by atoms with Gasteiger partial charge in [0.05, 0.1) is 0 Å². The van der Waals surface area contributed by atoms with E-state index in [2.05, 4.69) is 37.2 Å². The van der Waals surface area contributed by atoms with Crippen LogP contribution in [0.1, 0.15) is 28.4 Å². The molecule has 1 atom stereocenters. The molecule has 0 fully saturated rings. The van der Waals surface area contributed by atoms with Gasteiger partial charge in [0.25, 0.3) is 5.91 Å². The highest BCUT2D eigenvalue weighted by Crippen LogP contribution is 2.36. The first kappa shape index (κ1) is 16.6. The van der Waals surface area contributed by atoms with Gasteiger partial charge < -0.3 is 14.4 Å². The molecule has 0 radical (unpaired) electrons. The van der Waals surface area contributed by atoms with Gasteiger partial charge in [-0.1, -0.05) is 18.2 Å². The van der Waals surface area contributed by atoms with Crippen molar-refractivity contribution >= 4 is 11.6 Å². The van der Waals surface area contributed by atoms with Gasteiger partial charge in [-0.3, -0.25) is 4.79 Å². The third-order valence-corrected chi connectivity index (χ3v) is 5.10. The average Bonchev–Trinajstić information content (AvgIpc) is 3.21. The Bertz CT molecular complexity index is 897. The Morgan fingerprint density at radius 3 is 2.35 bits per heavy atom. The van der Waals surface area contributed by atoms with Gasteiger partial charge in [0.2, 0.25) is 0 Å². The first-order valence-electron chi connectivity index (χ1n) is 8.96. The fourth-order valence-corrected chi connectivity index (χ4v) is 3.73. The van der Waals surface area contributed by atoms with Gasteiger partial charge in [0.15, 0.2) is 0 Å². The van der Waals surface area contributed by atoms with Crippen molar-refractivity contribution in [1.82, 2.24) is 9.47 Å². The molecular formula is C22H23N3O. The van der Waals surface area contributed by atoms with Crippen LogP contribution >= 0.6 is 0 Å². The second kappa shape index (κ2) is 6.81. The molecule has 1 aliphatic rings. The molecule has 0 saturated heterocycles. The summed E-state index contributed by atoms with van der Waals surface area (Å²) in [6, 6.07) is 20.4. The van der Waals surface area contributed by atoms with Crippen molar-refractivity contribution in [3.8, 4) is 5.69 Å². The molecule has 132 valence electrons. The summed E-state index contributed by atoms with van der Waals surface area (Å²) in [5.41, 5.74) is 4.02. The normalized spacial score (nSPS) is 16.6. The molecule has 2 heterocycles. The molecule has 0 bridgehead atoms. The van der Waals surface area contributed by atoms with E-state index >= 15 is 0 Å². The molecule has 4 rings (SSSR count). The van der Waals surface area contributed by atoms with Gasteiger partial charge in [0.1, 0.15) is 0 Å². The minimum absolute atomic E-state index is 0.0636. The second-order valence-electron chi connectivity index (χ2n) is 6.92. The number of hydrogen-bond donors (Lipinski definition) is 0. The van der Waals surface area contributed by atoms with Crippen molar-refractivity contribution in [2.75, 3.05) is 25.5 Å². The second-order valence-corrected chi connectivity index (χ2v) is 6.92. The van der Waals surface area contributed by atoms with E-state index < -0.39 is 0 Å². The lowest BCUT2D eigenvalue weighted by atomic mass is 9.95. The Morgan fingerprint density at radius 1 is 0.962 bits per heavy atom. The number of benzene rings is 2. The van der Waals surface area contributed by atoms with Crippen LogP contribution in [-0.2, 0) is 0 Å². The highest BCUT2D eigenvalue weighted by Gasteiger charge is 2.29. The molecule has 4 nitrogen and oxygen atoms in total. The number of nitrogens with zero attached hydrogens (tertiary/aromatic N) is 3. The van der Waals surface area contributed by atoms with E-state index in [1.807, 2.05) is 64.3 Å². The van der Waals surface area contributed by atoms with Crippen molar-refractivity contribution in [3.63, 3.8) is 0 Å². The van der Waals surface area contributed by atoms with Crippen LogP contribution in [0.2, 0.25) is 0 Å². The number of aromatic nitrogens is 1. The number of rotatable bonds is 3. The molecule has 2 aromatic carbocycles. The Labute approximate surface area is 154 Å². The molecule has 1 aromatic heterocycles. The van der Waals surface area contributed by atoms with Crippen LogP contribution in [0.25, 0.3) is 5.69 Å². The smallest absolute Gasteiger partial charge is 0.258 e. The molecule has 0 spiro atoms. The number of para-hydroxylation sites is 1. The number of fused-ring (bicyclic) bond motifs is 1. The summed E-state index contributed by atoms with van der Waals surface area (Å²) in [7, 11) is 4.19. The Kier molecular flexibility index (Phi) is 4.35. The summed E-state index contributed by atoms with van der Waals surface area (Å²) in [5.74, 6) is 0.0636. The van der Waals surface area contributed by atoms with Crippen LogP contribution in [0.5, 0.6) is 0 Å². The van der Waals surface area contributed by atoms with Gasteiger partial charge in [0, 0.05) is 41.9 Å². The molecule has 0 aliphatic carbocycles. The van der Waals surface area contributed by atoms with Crippen LogP contribution in [-0.4, -0.2) is 36.0 Å². The summed E-state index contributed by atoms with van der Waals surface area (Å²) in [6.07, 6.45) is 4.94. The standard InChI is InChI=1S/C22H23N3O/c1-23(2)20-13-16-25(21-8-4-3-7-19(20)21)22(26)17-9-11-18(12-10-17)24-14-5-6-15-24/h3-12,14-15,20H,13,16H2,1-2H3. The third kappa shape index (κ3) is 2.93. The first-order valence-corrected chi connectivity index (χ1v) is 8.96. The highest BCUT2D eigenvalue weighted by atomic mass is 16.2. The zero-order chi connectivity index (χ0) is 18.1. The fraction of sp³-hybridized carbons (Fsp3) is 0.227. The zero-order valence-electron chi connectivity index (χ0n) is 15.2. The van der Waals surface area contributed by atoms with Gasteiger partial charge in [-0.05, 0) is 68.5 Å². The predicted molar refractivity (Wildman–Crippen MR) is 105 cm³/mol. The SMILES string of the molecule is CN(C)C1CCN(C(=O)c2ccc(-n3cccc3)cc2)c2ccccc21. The number of hydrogen-bond acceptors (Lipinski definition) is 2. The van der Waals surface area contributed by atoms with E-state index in [1.54, 1.807) is 0 Å². The summed E-state index contributed by atoms with van der Waals surface area (Å²) in [6.45, 7) is 0.734. The highest BCUT2D eigenvalue weighted by molar-refractivity contribution is 6.06. The maximum atomic E-state index is 13.1. The van der Waals surface area contributed by atoms with Crippen molar-refractivity contribution in [3.05, 3.63) is 84.2 Å². The monoisotopic (exact) mass is 345 g/mol. The zero-order valence-corrected chi connectivity index (χ0v) is 15.2. The molecule has 0 saturated carbocycles. The van der Waals surface area contributed by atoms with Crippen LogP contribution in [0, 0.1) is 0 Å².